The molecular formula is C11H23N3O2S. The highest BCUT2D eigenvalue weighted by molar-refractivity contribution is 8.00. The number of thioether (sulfide) groups is 1. The lowest BCUT2D eigenvalue weighted by atomic mass is 9.94. The molecule has 0 aliphatic carbocycles. The summed E-state index contributed by atoms with van der Waals surface area (Å²) in [5, 5.41) is 12.0. The number of nitrogens with two attached hydrogens (primary N) is 1. The van der Waals surface area contributed by atoms with Crippen molar-refractivity contribution in [2.24, 2.45) is 10.9 Å². The van der Waals surface area contributed by atoms with Crippen LogP contribution in [-0.4, -0.2) is 60.3 Å². The zero-order chi connectivity index (χ0) is 12.7. The maximum atomic E-state index is 8.84. The van der Waals surface area contributed by atoms with Crippen LogP contribution in [0.5, 0.6) is 0 Å². The molecule has 0 saturated carbocycles. The molecule has 3 N–H and O–H groups in total. The number of rotatable bonds is 6. The number of hydrogen-bond acceptors (Lipinski definition) is 5. The maximum absolute atomic E-state index is 8.84. The average Bonchev–Trinajstić information content (AvgIpc) is 2.39. The molecule has 1 rings (SSSR count). The van der Waals surface area contributed by atoms with Crippen LogP contribution in [0.2, 0.25) is 0 Å². The fourth-order valence-corrected chi connectivity index (χ4v) is 3.07. The van der Waals surface area contributed by atoms with Crippen molar-refractivity contribution in [3.8, 4) is 0 Å². The van der Waals surface area contributed by atoms with E-state index in [4.69, 9.17) is 15.7 Å². The summed E-state index contributed by atoms with van der Waals surface area (Å²) in [6.07, 6.45) is 4.97. The number of likely N-dealkylation sites (tertiary alicyclic amines) is 1. The van der Waals surface area contributed by atoms with Gasteiger partial charge in [-0.25, -0.2) is 0 Å². The lowest BCUT2D eigenvalue weighted by Crippen LogP contribution is -2.50. The van der Waals surface area contributed by atoms with E-state index in [1.807, 2.05) is 6.26 Å². The van der Waals surface area contributed by atoms with Crippen LogP contribution in [0.3, 0.4) is 0 Å². The summed E-state index contributed by atoms with van der Waals surface area (Å²) in [4.78, 5) is 2.41. The van der Waals surface area contributed by atoms with E-state index >= 15 is 0 Å². The van der Waals surface area contributed by atoms with Crippen LogP contribution in [-0.2, 0) is 4.74 Å². The molecule has 0 aromatic carbocycles. The zero-order valence-electron chi connectivity index (χ0n) is 10.7. The van der Waals surface area contributed by atoms with Crippen molar-refractivity contribution >= 4 is 17.6 Å². The van der Waals surface area contributed by atoms with Gasteiger partial charge in [0.25, 0.3) is 0 Å². The first-order valence-electron chi connectivity index (χ1n) is 5.93. The van der Waals surface area contributed by atoms with Crippen LogP contribution in [0.15, 0.2) is 5.16 Å². The van der Waals surface area contributed by atoms with Crippen molar-refractivity contribution in [3.63, 3.8) is 0 Å². The number of oxime groups is 1. The molecule has 17 heavy (non-hydrogen) atoms. The van der Waals surface area contributed by atoms with E-state index in [2.05, 4.69) is 10.1 Å². The molecular weight excluding hydrogens is 238 g/mol. The first kappa shape index (κ1) is 14.6. The molecule has 0 atom stereocenters. The normalized spacial score (nSPS) is 21.6. The van der Waals surface area contributed by atoms with Crippen molar-refractivity contribution in [1.82, 2.24) is 4.90 Å². The van der Waals surface area contributed by atoms with Gasteiger partial charge in [-0.1, -0.05) is 5.16 Å². The summed E-state index contributed by atoms with van der Waals surface area (Å²) in [6, 6.07) is 0. The van der Waals surface area contributed by atoms with Gasteiger partial charge in [0.2, 0.25) is 0 Å². The summed E-state index contributed by atoms with van der Waals surface area (Å²) >= 11 is 1.69. The fraction of sp³-hybridized carbons (Fsp3) is 0.909. The molecule has 5 nitrogen and oxygen atoms in total. The van der Waals surface area contributed by atoms with Gasteiger partial charge in [0.05, 0.1) is 4.75 Å². The van der Waals surface area contributed by atoms with Crippen LogP contribution >= 0.6 is 11.8 Å². The Balaban J connectivity index is 2.42. The average molecular weight is 261 g/mol. The molecule has 0 bridgehead atoms. The standard InChI is InChI=1S/C11H23N3O2S/c1-16-9-3-6-14-7-4-11(17-2,5-8-14)10(12)13-15/h15H,3-9H2,1-2H3,(H2,12,13). The Morgan fingerprint density at radius 3 is 2.65 bits per heavy atom. The molecule has 1 saturated heterocycles. The third-order valence-electron chi connectivity index (χ3n) is 3.45. The number of methoxy groups -OCH3 is 1. The van der Waals surface area contributed by atoms with Crippen LogP contribution in [0.1, 0.15) is 19.3 Å². The van der Waals surface area contributed by atoms with Gasteiger partial charge in [0.1, 0.15) is 0 Å². The smallest absolute Gasteiger partial charge is 0.155 e. The topological polar surface area (TPSA) is 71.1 Å². The summed E-state index contributed by atoms with van der Waals surface area (Å²) < 4.78 is 4.87. The largest absolute Gasteiger partial charge is 0.409 e. The number of ether oxygens (including phenoxy) is 1. The Kier molecular flexibility index (Phi) is 6.08. The third kappa shape index (κ3) is 3.76. The quantitative estimate of drug-likeness (QED) is 0.245. The van der Waals surface area contributed by atoms with Crippen molar-refractivity contribution in [1.29, 1.82) is 0 Å². The molecule has 0 radical (unpaired) electrons. The van der Waals surface area contributed by atoms with Crippen molar-refractivity contribution in [2.45, 2.75) is 24.0 Å². The number of piperidine rings is 1. The lowest BCUT2D eigenvalue weighted by molar-refractivity contribution is 0.159. The SMILES string of the molecule is COCCCN1CCC(SC)(C(N)=NO)CC1. The summed E-state index contributed by atoms with van der Waals surface area (Å²) in [5.74, 6) is 0.363. The molecule has 6 heteroatoms. The van der Waals surface area contributed by atoms with Crippen LogP contribution in [0, 0.1) is 0 Å². The van der Waals surface area contributed by atoms with Crippen LogP contribution < -0.4 is 5.73 Å². The molecule has 0 aromatic heterocycles. The van der Waals surface area contributed by atoms with E-state index in [0.717, 1.165) is 45.5 Å². The van der Waals surface area contributed by atoms with Crippen molar-refractivity contribution in [2.75, 3.05) is 39.6 Å². The first-order valence-corrected chi connectivity index (χ1v) is 7.15. The Labute approximate surface area is 107 Å². The molecule has 0 spiro atoms. The number of hydrogen-bond donors (Lipinski definition) is 2. The van der Waals surface area contributed by atoms with E-state index in [9.17, 15) is 0 Å². The number of nitrogens with zero attached hydrogens (tertiary/aromatic N) is 2. The van der Waals surface area contributed by atoms with Crippen LogP contribution in [0.25, 0.3) is 0 Å². The van der Waals surface area contributed by atoms with Gasteiger partial charge < -0.3 is 20.6 Å². The van der Waals surface area contributed by atoms with E-state index in [1.165, 1.54) is 0 Å². The molecule has 0 unspecified atom stereocenters. The van der Waals surface area contributed by atoms with E-state index in [0.29, 0.717) is 5.84 Å². The van der Waals surface area contributed by atoms with E-state index < -0.39 is 0 Å². The Hall–Kier alpha value is -0.460. The van der Waals surface area contributed by atoms with E-state index in [1.54, 1.807) is 18.9 Å². The number of amidine groups is 1. The minimum absolute atomic E-state index is 0.174. The highest BCUT2D eigenvalue weighted by Gasteiger charge is 2.37. The van der Waals surface area contributed by atoms with Gasteiger partial charge in [-0.2, -0.15) is 11.8 Å². The Morgan fingerprint density at radius 2 is 2.18 bits per heavy atom. The van der Waals surface area contributed by atoms with Gasteiger partial charge >= 0.3 is 0 Å². The van der Waals surface area contributed by atoms with E-state index in [-0.39, 0.29) is 4.75 Å². The highest BCUT2D eigenvalue weighted by Crippen LogP contribution is 2.34. The summed E-state index contributed by atoms with van der Waals surface area (Å²) in [5.41, 5.74) is 5.80. The molecule has 1 fully saturated rings. The third-order valence-corrected chi connectivity index (χ3v) is 4.85. The Morgan fingerprint density at radius 1 is 1.53 bits per heavy atom. The minimum Gasteiger partial charge on any atom is -0.409 e. The summed E-state index contributed by atoms with van der Waals surface area (Å²) in [7, 11) is 1.73. The second-order valence-electron chi connectivity index (χ2n) is 4.37. The predicted octanol–water partition coefficient (Wildman–Crippen LogP) is 0.967. The predicted molar refractivity (Wildman–Crippen MR) is 71.8 cm³/mol. The van der Waals surface area contributed by atoms with Crippen LogP contribution in [0.4, 0.5) is 0 Å². The molecule has 100 valence electrons. The van der Waals surface area contributed by atoms with Gasteiger partial charge in [-0.15, -0.1) is 0 Å². The zero-order valence-corrected chi connectivity index (χ0v) is 11.5. The molecule has 1 aliphatic rings. The molecule has 1 aliphatic heterocycles. The van der Waals surface area contributed by atoms with Gasteiger partial charge in [-0.05, 0) is 38.6 Å². The molecule has 0 amide bonds. The fourth-order valence-electron chi connectivity index (χ4n) is 2.23. The molecule has 1 heterocycles. The lowest BCUT2D eigenvalue weighted by Gasteiger charge is -2.39. The van der Waals surface area contributed by atoms with Crippen molar-refractivity contribution in [3.05, 3.63) is 0 Å². The molecule has 0 aromatic rings. The monoisotopic (exact) mass is 261 g/mol. The van der Waals surface area contributed by atoms with Crippen molar-refractivity contribution < 1.29 is 9.94 Å². The van der Waals surface area contributed by atoms with Gasteiger partial charge in [0, 0.05) is 20.3 Å². The van der Waals surface area contributed by atoms with Gasteiger partial charge in [0.15, 0.2) is 5.84 Å². The minimum atomic E-state index is -0.174. The maximum Gasteiger partial charge on any atom is 0.155 e. The first-order chi connectivity index (χ1) is 8.18. The Bertz CT molecular complexity index is 253. The second-order valence-corrected chi connectivity index (χ2v) is 5.56. The second kappa shape index (κ2) is 7.08. The summed E-state index contributed by atoms with van der Waals surface area (Å²) in [6.45, 7) is 3.88. The van der Waals surface area contributed by atoms with Gasteiger partial charge in [-0.3, -0.25) is 0 Å². The highest BCUT2D eigenvalue weighted by atomic mass is 32.2.